The fourth-order valence-corrected chi connectivity index (χ4v) is 2.65. The second-order valence-corrected chi connectivity index (χ2v) is 5.39. The topological polar surface area (TPSA) is 34.1 Å². The van der Waals surface area contributed by atoms with Gasteiger partial charge in [0.1, 0.15) is 0 Å². The average Bonchev–Trinajstić information content (AvgIpc) is 2.46. The predicted molar refractivity (Wildman–Crippen MR) is 84.6 cm³/mol. The van der Waals surface area contributed by atoms with Crippen LogP contribution in [-0.4, -0.2) is 11.6 Å². The van der Waals surface area contributed by atoms with Gasteiger partial charge in [-0.2, -0.15) is 0 Å². The molecule has 0 N–H and O–H groups in total. The summed E-state index contributed by atoms with van der Waals surface area (Å²) in [7, 11) is 0. The van der Waals surface area contributed by atoms with Crippen molar-refractivity contribution in [3.8, 4) is 11.1 Å². The molecule has 0 spiro atoms. The minimum atomic E-state index is -0.475. The molecule has 0 aromatic heterocycles. The summed E-state index contributed by atoms with van der Waals surface area (Å²) in [6.07, 6.45) is 0. The molecule has 0 aliphatic heterocycles. The molecule has 2 nitrogen and oxygen atoms in total. The van der Waals surface area contributed by atoms with Crippen LogP contribution < -0.4 is 0 Å². The minimum absolute atomic E-state index is 0.412. The van der Waals surface area contributed by atoms with Crippen LogP contribution in [0.2, 0.25) is 5.02 Å². The lowest BCUT2D eigenvalue weighted by atomic mass is 9.84. The first-order valence-electron chi connectivity index (χ1n) is 6.26. The number of ketones is 2. The maximum Gasteiger partial charge on any atom is 0.234 e. The van der Waals surface area contributed by atoms with E-state index in [1.165, 1.54) is 0 Å². The van der Waals surface area contributed by atoms with Crippen LogP contribution in [0, 0.1) is 0 Å². The largest absolute Gasteiger partial charge is 0.285 e. The molecule has 0 radical (unpaired) electrons. The number of fused-ring (bicyclic) bond motifs is 3. The molecule has 4 heteroatoms. The van der Waals surface area contributed by atoms with Crippen molar-refractivity contribution in [3.05, 3.63) is 57.0 Å². The molecular weight excluding hydrogens is 340 g/mol. The first-order valence-corrected chi connectivity index (χ1v) is 7.43. The van der Waals surface area contributed by atoms with E-state index >= 15 is 0 Å². The Morgan fingerprint density at radius 1 is 0.800 bits per heavy atom. The number of halogens is 2. The van der Waals surface area contributed by atoms with Crippen LogP contribution in [0.25, 0.3) is 11.1 Å². The predicted octanol–water partition coefficient (Wildman–Crippen LogP) is 5.17. The van der Waals surface area contributed by atoms with Gasteiger partial charge in [-0.3, -0.25) is 9.59 Å². The van der Waals surface area contributed by atoms with E-state index < -0.39 is 11.6 Å². The molecule has 0 heterocycles. The van der Waals surface area contributed by atoms with Gasteiger partial charge in [0.15, 0.2) is 0 Å². The third-order valence-electron chi connectivity index (χ3n) is 2.95. The molecular formula is C16H12BrClO2. The number of benzene rings is 2. The van der Waals surface area contributed by atoms with Crippen LogP contribution in [0.15, 0.2) is 40.9 Å². The second-order valence-electron chi connectivity index (χ2n) is 4.04. The zero-order valence-electron chi connectivity index (χ0n) is 11.0. The molecule has 0 unspecified atom stereocenters. The Balaban J connectivity index is 0.000000704. The van der Waals surface area contributed by atoms with Gasteiger partial charge in [0, 0.05) is 20.6 Å². The molecule has 0 amide bonds. The molecule has 0 saturated carbocycles. The molecule has 0 bridgehead atoms. The summed E-state index contributed by atoms with van der Waals surface area (Å²) in [5.41, 5.74) is 2.29. The van der Waals surface area contributed by atoms with Gasteiger partial charge < -0.3 is 0 Å². The third kappa shape index (κ3) is 2.43. The Labute approximate surface area is 130 Å². The van der Waals surface area contributed by atoms with Gasteiger partial charge in [-0.1, -0.05) is 41.4 Å². The number of Topliss-reactive ketones (excluding diaryl/α,β-unsaturated/α-hetero) is 2. The molecule has 2 aromatic carbocycles. The highest BCUT2D eigenvalue weighted by molar-refractivity contribution is 9.10. The highest BCUT2D eigenvalue weighted by Gasteiger charge is 2.30. The van der Waals surface area contributed by atoms with Gasteiger partial charge >= 0.3 is 0 Å². The van der Waals surface area contributed by atoms with Crippen LogP contribution in [0.3, 0.4) is 0 Å². The summed E-state index contributed by atoms with van der Waals surface area (Å²) in [6, 6.07) is 10.2. The fraction of sp³-hybridized carbons (Fsp3) is 0.125. The number of rotatable bonds is 0. The van der Waals surface area contributed by atoms with E-state index in [0.717, 1.165) is 10.0 Å². The lowest BCUT2D eigenvalue weighted by Crippen LogP contribution is -2.21. The Bertz CT molecular complexity index is 646. The summed E-state index contributed by atoms with van der Waals surface area (Å²) >= 11 is 9.33. The molecule has 0 atom stereocenters. The van der Waals surface area contributed by atoms with Crippen molar-refractivity contribution < 1.29 is 9.59 Å². The summed E-state index contributed by atoms with van der Waals surface area (Å²) in [5.74, 6) is -0.941. The van der Waals surface area contributed by atoms with Crippen molar-refractivity contribution in [3.63, 3.8) is 0 Å². The average molecular weight is 352 g/mol. The molecule has 20 heavy (non-hydrogen) atoms. The normalized spacial score (nSPS) is 12.2. The van der Waals surface area contributed by atoms with Crippen LogP contribution in [0.5, 0.6) is 0 Å². The minimum Gasteiger partial charge on any atom is -0.285 e. The van der Waals surface area contributed by atoms with Crippen LogP contribution in [0.1, 0.15) is 34.6 Å². The van der Waals surface area contributed by atoms with Gasteiger partial charge in [0.05, 0.1) is 0 Å². The van der Waals surface area contributed by atoms with Crippen molar-refractivity contribution in [2.45, 2.75) is 13.8 Å². The summed E-state index contributed by atoms with van der Waals surface area (Å²) in [6.45, 7) is 4.00. The second kappa shape index (κ2) is 5.90. The van der Waals surface area contributed by atoms with Gasteiger partial charge in [-0.25, -0.2) is 0 Å². The first-order chi connectivity index (χ1) is 9.58. The molecule has 102 valence electrons. The summed E-state index contributed by atoms with van der Waals surface area (Å²) in [5, 5.41) is 0.543. The molecule has 1 aliphatic rings. The zero-order chi connectivity index (χ0) is 14.9. The Kier molecular flexibility index (Phi) is 4.41. The Morgan fingerprint density at radius 3 is 1.90 bits per heavy atom. The highest BCUT2D eigenvalue weighted by atomic mass is 79.9. The monoisotopic (exact) mass is 350 g/mol. The Hall–Kier alpha value is -1.45. The maximum atomic E-state index is 12.0. The van der Waals surface area contributed by atoms with Gasteiger partial charge in [-0.05, 0) is 47.5 Å². The summed E-state index contributed by atoms with van der Waals surface area (Å²) < 4.78 is 0.856. The van der Waals surface area contributed by atoms with Gasteiger partial charge in [0.2, 0.25) is 11.6 Å². The Morgan fingerprint density at radius 2 is 1.30 bits per heavy atom. The van der Waals surface area contributed by atoms with E-state index in [2.05, 4.69) is 15.9 Å². The number of carbonyl (C=O) groups is 2. The van der Waals surface area contributed by atoms with E-state index in [-0.39, 0.29) is 0 Å². The SMILES string of the molecule is CC.O=C1C(=O)c2ccc(Br)cc2-c2cc(Cl)ccc21. The summed E-state index contributed by atoms with van der Waals surface area (Å²) in [4.78, 5) is 23.9. The fourth-order valence-electron chi connectivity index (χ4n) is 2.12. The van der Waals surface area contributed by atoms with Crippen molar-refractivity contribution in [1.82, 2.24) is 0 Å². The molecule has 3 rings (SSSR count). The maximum absolute atomic E-state index is 12.0. The number of hydrogen-bond donors (Lipinski definition) is 0. The molecule has 2 aromatic rings. The van der Waals surface area contributed by atoms with Crippen molar-refractivity contribution in [2.75, 3.05) is 0 Å². The highest BCUT2D eigenvalue weighted by Crippen LogP contribution is 2.36. The molecule has 1 aliphatic carbocycles. The zero-order valence-corrected chi connectivity index (χ0v) is 13.4. The third-order valence-corrected chi connectivity index (χ3v) is 3.68. The van der Waals surface area contributed by atoms with E-state index in [0.29, 0.717) is 21.7 Å². The van der Waals surface area contributed by atoms with E-state index in [9.17, 15) is 9.59 Å². The molecule has 0 saturated heterocycles. The lowest BCUT2D eigenvalue weighted by molar-refractivity contribution is 0.0815. The number of carbonyl (C=O) groups excluding carboxylic acids is 2. The lowest BCUT2D eigenvalue weighted by Gasteiger charge is -2.18. The van der Waals surface area contributed by atoms with Crippen LogP contribution >= 0.6 is 27.5 Å². The van der Waals surface area contributed by atoms with Crippen LogP contribution in [0.4, 0.5) is 0 Å². The quantitative estimate of drug-likeness (QED) is 0.613. The van der Waals surface area contributed by atoms with Crippen LogP contribution in [-0.2, 0) is 0 Å². The smallest absolute Gasteiger partial charge is 0.234 e. The number of hydrogen-bond acceptors (Lipinski definition) is 2. The van der Waals surface area contributed by atoms with Gasteiger partial charge in [0.25, 0.3) is 0 Å². The van der Waals surface area contributed by atoms with Gasteiger partial charge in [-0.15, -0.1) is 0 Å². The van der Waals surface area contributed by atoms with Crippen molar-refractivity contribution >= 4 is 39.1 Å². The van der Waals surface area contributed by atoms with Crippen molar-refractivity contribution in [1.29, 1.82) is 0 Å². The molecule has 0 fully saturated rings. The van der Waals surface area contributed by atoms with Crippen molar-refractivity contribution in [2.24, 2.45) is 0 Å². The van der Waals surface area contributed by atoms with E-state index in [1.807, 2.05) is 19.9 Å². The van der Waals surface area contributed by atoms with E-state index in [4.69, 9.17) is 11.6 Å². The first kappa shape index (κ1) is 14.9. The van der Waals surface area contributed by atoms with E-state index in [1.54, 1.807) is 30.3 Å². The standard InChI is InChI=1S/C14H6BrClO2.C2H6/c15-7-1-3-9-11(5-7)12-6-8(16)2-4-10(12)14(18)13(9)17;1-2/h1-6H;1-2H3.